The van der Waals surface area contributed by atoms with Crippen molar-refractivity contribution in [1.29, 1.82) is 0 Å². The summed E-state index contributed by atoms with van der Waals surface area (Å²) in [6.07, 6.45) is 9.46. The molecule has 80 valence electrons. The van der Waals surface area contributed by atoms with Crippen molar-refractivity contribution in [3.05, 3.63) is 10.2 Å². The molecule has 0 bridgehead atoms. The van der Waals surface area contributed by atoms with Crippen molar-refractivity contribution in [2.45, 2.75) is 58.0 Å². The molecule has 1 nitrogen and oxygen atoms in total. The van der Waals surface area contributed by atoms with Gasteiger partial charge in [0.05, 0.1) is 0 Å². The molecule has 2 aliphatic rings. The third-order valence-corrected chi connectivity index (χ3v) is 4.22. The van der Waals surface area contributed by atoms with E-state index in [1.807, 2.05) is 0 Å². The maximum Gasteiger partial charge on any atom is 0.107 e. The molecule has 2 rings (SSSR count). The van der Waals surface area contributed by atoms with E-state index in [9.17, 15) is 0 Å². The summed E-state index contributed by atoms with van der Waals surface area (Å²) in [5.41, 5.74) is 0. The van der Waals surface area contributed by atoms with Crippen LogP contribution in [0, 0.1) is 5.92 Å². The molecule has 2 fully saturated rings. The normalized spacial score (nSPS) is 34.1. The molecule has 0 aromatic heterocycles. The van der Waals surface area contributed by atoms with Crippen molar-refractivity contribution >= 4 is 15.9 Å². The fourth-order valence-corrected chi connectivity index (χ4v) is 3.04. The SMILES string of the molecule is CCCC/C(Br)=C1/C[C@H]2CCC[C@H]2O1. The third-order valence-electron chi connectivity index (χ3n) is 3.38. The van der Waals surface area contributed by atoms with Gasteiger partial charge in [-0.2, -0.15) is 0 Å². The second-order valence-corrected chi connectivity index (χ2v) is 5.44. The van der Waals surface area contributed by atoms with Crippen LogP contribution in [0.5, 0.6) is 0 Å². The molecular weight excluding hydrogens is 240 g/mol. The molecule has 2 atom stereocenters. The molecule has 0 aromatic rings. The summed E-state index contributed by atoms with van der Waals surface area (Å²) in [5.74, 6) is 2.09. The molecule has 1 saturated carbocycles. The van der Waals surface area contributed by atoms with Crippen LogP contribution in [-0.4, -0.2) is 6.10 Å². The van der Waals surface area contributed by atoms with Gasteiger partial charge in [0.2, 0.25) is 0 Å². The summed E-state index contributed by atoms with van der Waals surface area (Å²) < 4.78 is 7.30. The maximum atomic E-state index is 5.98. The Morgan fingerprint density at radius 3 is 3.07 bits per heavy atom. The first kappa shape index (κ1) is 10.5. The smallest absolute Gasteiger partial charge is 0.107 e. The topological polar surface area (TPSA) is 9.23 Å². The molecule has 1 aliphatic carbocycles. The number of hydrogen-bond acceptors (Lipinski definition) is 1. The Bertz CT molecular complexity index is 220. The number of unbranched alkanes of at least 4 members (excludes halogenated alkanes) is 1. The number of ether oxygens (including phenoxy) is 1. The third kappa shape index (κ3) is 2.16. The fourth-order valence-electron chi connectivity index (χ4n) is 2.51. The Balaban J connectivity index is 1.93. The van der Waals surface area contributed by atoms with Crippen molar-refractivity contribution in [2.24, 2.45) is 5.92 Å². The molecule has 0 aromatic carbocycles. The molecule has 0 unspecified atom stereocenters. The van der Waals surface area contributed by atoms with Crippen LogP contribution in [0.2, 0.25) is 0 Å². The van der Waals surface area contributed by atoms with Crippen LogP contribution in [0.1, 0.15) is 51.9 Å². The van der Waals surface area contributed by atoms with Crippen molar-refractivity contribution in [2.75, 3.05) is 0 Å². The Morgan fingerprint density at radius 2 is 2.36 bits per heavy atom. The van der Waals surface area contributed by atoms with E-state index in [1.54, 1.807) is 0 Å². The number of halogens is 1. The van der Waals surface area contributed by atoms with Crippen LogP contribution in [0.3, 0.4) is 0 Å². The highest BCUT2D eigenvalue weighted by Crippen LogP contribution is 2.43. The highest BCUT2D eigenvalue weighted by molar-refractivity contribution is 9.11. The van der Waals surface area contributed by atoms with Crippen LogP contribution < -0.4 is 0 Å². The van der Waals surface area contributed by atoms with Gasteiger partial charge in [-0.25, -0.2) is 0 Å². The lowest BCUT2D eigenvalue weighted by atomic mass is 10.0. The average Bonchev–Trinajstić information content (AvgIpc) is 2.72. The highest BCUT2D eigenvalue weighted by atomic mass is 79.9. The minimum atomic E-state index is 0.555. The van der Waals surface area contributed by atoms with Gasteiger partial charge in [-0.1, -0.05) is 29.3 Å². The lowest BCUT2D eigenvalue weighted by molar-refractivity contribution is 0.146. The molecule has 14 heavy (non-hydrogen) atoms. The van der Waals surface area contributed by atoms with E-state index in [2.05, 4.69) is 22.9 Å². The number of rotatable bonds is 3. The van der Waals surface area contributed by atoms with Gasteiger partial charge in [-0.05, 0) is 32.1 Å². The van der Waals surface area contributed by atoms with Crippen molar-refractivity contribution in [3.63, 3.8) is 0 Å². The van der Waals surface area contributed by atoms with Crippen molar-refractivity contribution in [1.82, 2.24) is 0 Å². The predicted octanol–water partition coefficient (Wildman–Crippen LogP) is 4.37. The first-order chi connectivity index (χ1) is 6.81. The van der Waals surface area contributed by atoms with Gasteiger partial charge in [-0.15, -0.1) is 0 Å². The Labute approximate surface area is 95.0 Å². The van der Waals surface area contributed by atoms with Gasteiger partial charge in [0.25, 0.3) is 0 Å². The van der Waals surface area contributed by atoms with E-state index >= 15 is 0 Å². The summed E-state index contributed by atoms with van der Waals surface area (Å²) in [7, 11) is 0. The van der Waals surface area contributed by atoms with E-state index in [0.717, 1.165) is 12.3 Å². The molecule has 0 radical (unpaired) electrons. The van der Waals surface area contributed by atoms with Gasteiger partial charge in [0.15, 0.2) is 0 Å². The van der Waals surface area contributed by atoms with Crippen LogP contribution in [-0.2, 0) is 4.74 Å². The van der Waals surface area contributed by atoms with Gasteiger partial charge in [0.1, 0.15) is 11.9 Å². The second-order valence-electron chi connectivity index (χ2n) is 4.48. The quantitative estimate of drug-likeness (QED) is 0.731. The van der Waals surface area contributed by atoms with Crippen LogP contribution in [0.4, 0.5) is 0 Å². The van der Waals surface area contributed by atoms with E-state index in [-0.39, 0.29) is 0 Å². The summed E-state index contributed by atoms with van der Waals surface area (Å²) in [4.78, 5) is 0. The van der Waals surface area contributed by atoms with Crippen molar-refractivity contribution < 1.29 is 4.74 Å². The van der Waals surface area contributed by atoms with E-state index in [0.29, 0.717) is 6.10 Å². The molecule has 0 spiro atoms. The molecule has 0 N–H and O–H groups in total. The van der Waals surface area contributed by atoms with E-state index in [1.165, 1.54) is 48.8 Å². The maximum absolute atomic E-state index is 5.98. The first-order valence-electron chi connectivity index (χ1n) is 5.85. The number of fused-ring (bicyclic) bond motifs is 1. The Morgan fingerprint density at radius 1 is 1.50 bits per heavy atom. The number of hydrogen-bond donors (Lipinski definition) is 0. The summed E-state index contributed by atoms with van der Waals surface area (Å²) in [6.45, 7) is 2.23. The summed E-state index contributed by atoms with van der Waals surface area (Å²) >= 11 is 3.67. The van der Waals surface area contributed by atoms with Gasteiger partial charge in [0, 0.05) is 16.8 Å². The van der Waals surface area contributed by atoms with Gasteiger partial charge >= 0.3 is 0 Å². The highest BCUT2D eigenvalue weighted by Gasteiger charge is 2.36. The molecular formula is C12H19BrO. The first-order valence-corrected chi connectivity index (χ1v) is 6.64. The number of allylic oxidation sites excluding steroid dienone is 2. The lowest BCUT2D eigenvalue weighted by Gasteiger charge is -2.08. The zero-order valence-corrected chi connectivity index (χ0v) is 10.5. The molecule has 1 heterocycles. The standard InChI is InChI=1S/C12H19BrO/c1-2-3-6-10(13)12-8-9-5-4-7-11(9)14-12/h9,11H,2-8H2,1H3/b12-10+/t9-,11-/m1/s1. The van der Waals surface area contributed by atoms with Crippen LogP contribution >= 0.6 is 15.9 Å². The molecule has 1 aliphatic heterocycles. The Kier molecular flexibility index (Phi) is 3.53. The second kappa shape index (κ2) is 4.69. The van der Waals surface area contributed by atoms with E-state index < -0.39 is 0 Å². The van der Waals surface area contributed by atoms with Gasteiger partial charge < -0.3 is 4.74 Å². The largest absolute Gasteiger partial charge is 0.494 e. The van der Waals surface area contributed by atoms with Crippen LogP contribution in [0.25, 0.3) is 0 Å². The lowest BCUT2D eigenvalue weighted by Crippen LogP contribution is -2.06. The van der Waals surface area contributed by atoms with Crippen LogP contribution in [0.15, 0.2) is 10.2 Å². The molecule has 2 heteroatoms. The monoisotopic (exact) mass is 258 g/mol. The zero-order chi connectivity index (χ0) is 9.97. The van der Waals surface area contributed by atoms with Gasteiger partial charge in [-0.3, -0.25) is 0 Å². The predicted molar refractivity (Wildman–Crippen MR) is 62.3 cm³/mol. The van der Waals surface area contributed by atoms with Crippen molar-refractivity contribution in [3.8, 4) is 0 Å². The fraction of sp³-hybridized carbons (Fsp3) is 0.833. The Hall–Kier alpha value is 0.0200. The zero-order valence-electron chi connectivity index (χ0n) is 8.89. The molecule has 1 saturated heterocycles. The molecule has 0 amide bonds. The minimum absolute atomic E-state index is 0.555. The average molecular weight is 259 g/mol. The minimum Gasteiger partial charge on any atom is -0.494 e. The summed E-state index contributed by atoms with van der Waals surface area (Å²) in [6, 6.07) is 0. The summed E-state index contributed by atoms with van der Waals surface area (Å²) in [5, 5.41) is 0. The van der Waals surface area contributed by atoms with E-state index in [4.69, 9.17) is 4.74 Å².